The smallest absolute Gasteiger partial charge is 0.322 e. The molecule has 2 N–H and O–H groups in total. The third-order valence-corrected chi connectivity index (χ3v) is 0. The molecule has 0 bridgehead atoms. The van der Waals surface area contributed by atoms with Crippen molar-refractivity contribution in [3.05, 3.63) is 0 Å². The Hall–Kier alpha value is 1.07. The second kappa shape index (κ2) is 3.12. The van der Waals surface area contributed by atoms with Crippen molar-refractivity contribution in [3.8, 4) is 0 Å². The molecule has 0 aliphatic carbocycles. The molecule has 0 saturated heterocycles. The Balaban J connectivity index is 0. The second-order valence-corrected chi connectivity index (χ2v) is 3.79. The van der Waals surface area contributed by atoms with E-state index >= 15 is 0 Å². The molecule has 0 amide bonds. The Morgan fingerprint density at radius 2 is 1.50 bits per heavy atom. The number of hydrogen-bond acceptors (Lipinski definition) is 1. The fraction of sp³-hybridized carbons (Fsp3) is 0. The summed E-state index contributed by atoms with van der Waals surface area (Å²) in [4.78, 5) is 15.2. The third kappa shape index (κ3) is 73.1. The molecule has 0 rings (SSSR count). The molecular formula is H4NiO3P2. The van der Waals surface area contributed by atoms with Gasteiger partial charge in [0.2, 0.25) is 0 Å². The Morgan fingerprint density at radius 3 is 1.50 bits per heavy atom. The summed E-state index contributed by atoms with van der Waals surface area (Å²) in [5, 5.41) is 0. The summed E-state index contributed by atoms with van der Waals surface area (Å²) in [7, 11) is -2.34. The zero-order valence-electron chi connectivity index (χ0n) is 2.64. The van der Waals surface area contributed by atoms with Crippen molar-refractivity contribution in [1.29, 1.82) is 0 Å². The van der Waals surface area contributed by atoms with Gasteiger partial charge in [-0.15, -0.1) is 0 Å². The van der Waals surface area contributed by atoms with Crippen LogP contribution in [0.15, 0.2) is 0 Å². The summed E-state index contributed by atoms with van der Waals surface area (Å²) in [5.74, 6) is 0. The first-order valence-electron chi connectivity index (χ1n) is 0.841. The van der Waals surface area contributed by atoms with Crippen LogP contribution >= 0.6 is 16.2 Å². The van der Waals surface area contributed by atoms with Crippen molar-refractivity contribution in [2.24, 2.45) is 0 Å². The van der Waals surface area contributed by atoms with Crippen molar-refractivity contribution in [2.75, 3.05) is 0 Å². The molecule has 6 heteroatoms. The first kappa shape index (κ1) is 10.1. The van der Waals surface area contributed by atoms with Crippen molar-refractivity contribution in [3.63, 3.8) is 0 Å². The Bertz CT molecular complexity index is 54.9. The van der Waals surface area contributed by atoms with E-state index in [0.717, 1.165) is 0 Å². The molecule has 1 atom stereocenters. The predicted molar refractivity (Wildman–Crippen MR) is 21.8 cm³/mol. The van der Waals surface area contributed by atoms with Crippen LogP contribution in [0.1, 0.15) is 0 Å². The van der Waals surface area contributed by atoms with Gasteiger partial charge in [0, 0.05) is 16.5 Å². The minimum Gasteiger partial charge on any atom is -0.322 e. The van der Waals surface area contributed by atoms with Crippen LogP contribution in [-0.2, 0) is 21.1 Å². The summed E-state index contributed by atoms with van der Waals surface area (Å²) in [6.07, 6.45) is 0. The molecule has 0 saturated carbocycles. The zero-order valence-corrected chi connectivity index (χ0v) is 5.68. The topological polar surface area (TPSA) is 57.5 Å². The first-order chi connectivity index (χ1) is 2.00. The zero-order chi connectivity index (χ0) is 4.50. The van der Waals surface area contributed by atoms with Gasteiger partial charge in [-0.25, -0.2) is 0 Å². The van der Waals surface area contributed by atoms with Gasteiger partial charge in [-0.1, -0.05) is 0 Å². The summed E-state index contributed by atoms with van der Waals surface area (Å²) >= 11 is 0. The van der Waals surface area contributed by atoms with E-state index in [9.17, 15) is 4.57 Å². The molecule has 0 aliphatic rings. The van der Waals surface area contributed by atoms with Crippen LogP contribution in [0.3, 0.4) is 0 Å². The molecule has 42 valence electrons. The molecule has 0 aromatic heterocycles. The van der Waals surface area contributed by atoms with Crippen LogP contribution < -0.4 is 0 Å². The van der Waals surface area contributed by atoms with Crippen LogP contribution in [0.25, 0.3) is 0 Å². The van der Waals surface area contributed by atoms with Crippen LogP contribution in [0, 0.1) is 0 Å². The average Bonchev–Trinajstić information content (AvgIpc) is 0.722. The van der Waals surface area contributed by atoms with Crippen molar-refractivity contribution in [2.45, 2.75) is 0 Å². The summed E-state index contributed by atoms with van der Waals surface area (Å²) in [5.41, 5.74) is 0. The summed E-state index contributed by atoms with van der Waals surface area (Å²) in [6, 6.07) is 0. The standard InChI is InChI=1S/Ni.H4O3P2/c;1-5(2,3)4/h;4H2,(H2,1,2,3). The quantitative estimate of drug-likeness (QED) is 0.398. The van der Waals surface area contributed by atoms with Crippen LogP contribution in [0.2, 0.25) is 0 Å². The molecule has 1 unspecified atom stereocenters. The van der Waals surface area contributed by atoms with E-state index < -0.39 is 7.28 Å². The van der Waals surface area contributed by atoms with E-state index in [1.54, 1.807) is 0 Å². The first-order valence-corrected chi connectivity index (χ1v) is 4.07. The number of rotatable bonds is 0. The summed E-state index contributed by atoms with van der Waals surface area (Å²) < 4.78 is 9.29. The van der Waals surface area contributed by atoms with Crippen LogP contribution in [0.4, 0.5) is 0 Å². The molecule has 0 spiro atoms. The molecule has 0 aromatic carbocycles. The van der Waals surface area contributed by atoms with Gasteiger partial charge in [0.05, 0.1) is 0 Å². The summed E-state index contributed by atoms with van der Waals surface area (Å²) in [6.45, 7) is 0. The molecule has 0 aromatic rings. The van der Waals surface area contributed by atoms with E-state index in [1.807, 2.05) is 0 Å². The van der Waals surface area contributed by atoms with Gasteiger partial charge >= 0.3 is 7.28 Å². The van der Waals surface area contributed by atoms with E-state index in [2.05, 4.69) is 0 Å². The molecule has 0 fully saturated rings. The minimum atomic E-state index is -3.72. The molecule has 0 heterocycles. The van der Waals surface area contributed by atoms with Gasteiger partial charge in [0.15, 0.2) is 0 Å². The maximum Gasteiger partial charge on any atom is 0.338 e. The number of hydrogen-bond donors (Lipinski definition) is 2. The fourth-order valence-electron chi connectivity index (χ4n) is 0. The van der Waals surface area contributed by atoms with Crippen molar-refractivity contribution >= 4 is 16.2 Å². The third-order valence-electron chi connectivity index (χ3n) is 0. The molecule has 6 heavy (non-hydrogen) atoms. The van der Waals surface area contributed by atoms with E-state index in [4.69, 9.17) is 9.79 Å². The predicted octanol–water partition coefficient (Wildman–Crippen LogP) is -0.0483. The average molecular weight is 173 g/mol. The van der Waals surface area contributed by atoms with Gasteiger partial charge < -0.3 is 9.79 Å². The molecular weight excluding hydrogens is 169 g/mol. The van der Waals surface area contributed by atoms with Crippen molar-refractivity contribution < 1.29 is 30.8 Å². The molecule has 3 nitrogen and oxygen atoms in total. The molecule has 0 radical (unpaired) electrons. The van der Waals surface area contributed by atoms with Gasteiger partial charge in [0.1, 0.15) is 0 Å². The van der Waals surface area contributed by atoms with Gasteiger partial charge in [0.25, 0.3) is 0 Å². The van der Waals surface area contributed by atoms with Gasteiger partial charge in [-0.2, -0.15) is 0 Å². The maximum absolute atomic E-state index is 9.29. The molecule has 0 aliphatic heterocycles. The van der Waals surface area contributed by atoms with E-state index in [1.165, 1.54) is 8.93 Å². The largest absolute Gasteiger partial charge is 0.338 e. The SMILES string of the molecule is O=P(O)(O)P.[Ni]. The Morgan fingerprint density at radius 1 is 1.50 bits per heavy atom. The van der Waals surface area contributed by atoms with E-state index in [-0.39, 0.29) is 16.5 Å². The van der Waals surface area contributed by atoms with Crippen LogP contribution in [0.5, 0.6) is 0 Å². The fourth-order valence-corrected chi connectivity index (χ4v) is 0. The van der Waals surface area contributed by atoms with Crippen molar-refractivity contribution in [1.82, 2.24) is 0 Å². The minimum absolute atomic E-state index is 0. The van der Waals surface area contributed by atoms with Crippen LogP contribution in [-0.4, -0.2) is 9.79 Å². The van der Waals surface area contributed by atoms with Gasteiger partial charge in [-0.3, -0.25) is 4.57 Å². The normalized spacial score (nSPS) is 9.83. The monoisotopic (exact) mass is 172 g/mol. The van der Waals surface area contributed by atoms with E-state index in [0.29, 0.717) is 0 Å². The maximum atomic E-state index is 9.29. The second-order valence-electron chi connectivity index (χ2n) is 0.589. The Labute approximate surface area is 47.7 Å². The van der Waals surface area contributed by atoms with Gasteiger partial charge in [-0.05, 0) is 8.93 Å². The Kier molecular flexibility index (Phi) is 5.28.